The zero-order chi connectivity index (χ0) is 17.8. The number of nitrogen functional groups attached to an aromatic ring is 1. The smallest absolute Gasteiger partial charge is 0.417 e. The molecular formula is C20H22N2O3. The van der Waals surface area contributed by atoms with Gasteiger partial charge in [0.2, 0.25) is 5.91 Å². The van der Waals surface area contributed by atoms with Crippen LogP contribution in [0, 0.1) is 0 Å². The van der Waals surface area contributed by atoms with Gasteiger partial charge in [-0.15, -0.1) is 0 Å². The molecule has 2 amide bonds. The normalized spacial score (nSPS) is 18.0. The summed E-state index contributed by atoms with van der Waals surface area (Å²) >= 11 is 0. The molecular weight excluding hydrogens is 316 g/mol. The zero-order valence-corrected chi connectivity index (χ0v) is 14.2. The fraction of sp³-hybridized carbons (Fsp3) is 0.300. The van der Waals surface area contributed by atoms with Gasteiger partial charge in [-0.1, -0.05) is 49.4 Å². The first-order valence-electron chi connectivity index (χ1n) is 8.49. The summed E-state index contributed by atoms with van der Waals surface area (Å²) in [5.74, 6) is -0.202. The molecule has 0 aromatic heterocycles. The van der Waals surface area contributed by atoms with E-state index in [1.807, 2.05) is 61.5 Å². The second kappa shape index (κ2) is 7.38. The van der Waals surface area contributed by atoms with Gasteiger partial charge in [0.25, 0.3) is 0 Å². The average Bonchev–Trinajstić information content (AvgIpc) is 3.02. The molecule has 1 aliphatic heterocycles. The number of cyclic esters (lactones) is 1. The van der Waals surface area contributed by atoms with Gasteiger partial charge in [-0.25, -0.2) is 9.69 Å². The molecule has 130 valence electrons. The largest absolute Gasteiger partial charge is 0.446 e. The van der Waals surface area contributed by atoms with Crippen LogP contribution in [-0.4, -0.2) is 23.5 Å². The van der Waals surface area contributed by atoms with E-state index >= 15 is 0 Å². The van der Waals surface area contributed by atoms with Gasteiger partial charge in [0, 0.05) is 12.1 Å². The molecule has 0 spiro atoms. The molecule has 5 nitrogen and oxygen atoms in total. The molecule has 1 unspecified atom stereocenters. The van der Waals surface area contributed by atoms with Crippen molar-refractivity contribution in [2.45, 2.75) is 31.7 Å². The molecule has 1 heterocycles. The maximum absolute atomic E-state index is 12.9. The van der Waals surface area contributed by atoms with Crippen molar-refractivity contribution in [3.63, 3.8) is 0 Å². The molecule has 2 aromatic rings. The number of carbonyl (C=O) groups is 2. The number of rotatable bonds is 5. The summed E-state index contributed by atoms with van der Waals surface area (Å²) < 4.78 is 5.14. The van der Waals surface area contributed by atoms with Crippen LogP contribution in [0.15, 0.2) is 54.6 Å². The summed E-state index contributed by atoms with van der Waals surface area (Å²) in [4.78, 5) is 26.2. The van der Waals surface area contributed by atoms with Crippen LogP contribution in [0.5, 0.6) is 0 Å². The first-order chi connectivity index (χ1) is 12.1. The number of carbonyl (C=O) groups excluding carboxylic acids is 2. The Labute approximate surface area is 147 Å². The highest BCUT2D eigenvalue weighted by atomic mass is 16.6. The molecule has 25 heavy (non-hydrogen) atoms. The number of hydrogen-bond acceptors (Lipinski definition) is 4. The Morgan fingerprint density at radius 1 is 1.24 bits per heavy atom. The molecule has 1 fully saturated rings. The number of imide groups is 1. The monoisotopic (exact) mass is 338 g/mol. The second-order valence-corrected chi connectivity index (χ2v) is 6.25. The summed E-state index contributed by atoms with van der Waals surface area (Å²) in [6.45, 7) is 2.22. The van der Waals surface area contributed by atoms with Gasteiger partial charge in [-0.2, -0.15) is 0 Å². The lowest BCUT2D eigenvalue weighted by Gasteiger charge is -2.23. The van der Waals surface area contributed by atoms with Crippen molar-refractivity contribution in [3.05, 3.63) is 65.7 Å². The van der Waals surface area contributed by atoms with Crippen molar-refractivity contribution in [3.8, 4) is 0 Å². The van der Waals surface area contributed by atoms with Gasteiger partial charge in [0.15, 0.2) is 0 Å². The Balaban J connectivity index is 1.79. The Hall–Kier alpha value is -2.82. The van der Waals surface area contributed by atoms with Crippen LogP contribution in [0.3, 0.4) is 0 Å². The minimum absolute atomic E-state index is 0.0147. The van der Waals surface area contributed by atoms with Crippen LogP contribution >= 0.6 is 0 Å². The van der Waals surface area contributed by atoms with Crippen molar-refractivity contribution >= 4 is 17.7 Å². The van der Waals surface area contributed by atoms with Crippen LogP contribution < -0.4 is 5.73 Å². The van der Waals surface area contributed by atoms with Gasteiger partial charge in [-0.05, 0) is 35.6 Å². The molecule has 2 aromatic carbocycles. The van der Waals surface area contributed by atoms with E-state index in [9.17, 15) is 9.59 Å². The van der Waals surface area contributed by atoms with Gasteiger partial charge in [0.05, 0.1) is 0 Å². The quantitative estimate of drug-likeness (QED) is 0.840. The topological polar surface area (TPSA) is 72.6 Å². The second-order valence-electron chi connectivity index (χ2n) is 6.25. The van der Waals surface area contributed by atoms with E-state index in [0.29, 0.717) is 5.69 Å². The van der Waals surface area contributed by atoms with E-state index < -0.39 is 6.09 Å². The number of ether oxygens (including phenoxy) is 1. The predicted molar refractivity (Wildman–Crippen MR) is 95.9 cm³/mol. The Bertz CT molecular complexity index is 761. The fourth-order valence-electron chi connectivity index (χ4n) is 3.24. The first-order valence-corrected chi connectivity index (χ1v) is 8.49. The third-order valence-corrected chi connectivity index (χ3v) is 4.62. The lowest BCUT2D eigenvalue weighted by molar-refractivity contribution is -0.129. The minimum Gasteiger partial charge on any atom is -0.446 e. The molecule has 3 rings (SSSR count). The number of hydrogen-bond donors (Lipinski definition) is 1. The van der Waals surface area contributed by atoms with Crippen LogP contribution in [0.25, 0.3) is 0 Å². The molecule has 1 aliphatic rings. The predicted octanol–water partition coefficient (Wildman–Crippen LogP) is 3.87. The number of nitrogens with zero attached hydrogens (tertiary/aromatic N) is 1. The molecule has 0 radical (unpaired) electrons. The summed E-state index contributed by atoms with van der Waals surface area (Å²) in [6, 6.07) is 16.7. The van der Waals surface area contributed by atoms with E-state index in [0.717, 1.165) is 17.5 Å². The van der Waals surface area contributed by atoms with Crippen molar-refractivity contribution in [1.82, 2.24) is 4.90 Å². The highest BCUT2D eigenvalue weighted by molar-refractivity contribution is 5.94. The number of benzene rings is 2. The summed E-state index contributed by atoms with van der Waals surface area (Å²) in [7, 11) is 0. The maximum Gasteiger partial charge on any atom is 0.417 e. The van der Waals surface area contributed by atoms with Gasteiger partial charge >= 0.3 is 6.09 Å². The highest BCUT2D eigenvalue weighted by Gasteiger charge is 2.39. The van der Waals surface area contributed by atoms with Crippen molar-refractivity contribution in [2.75, 3.05) is 12.3 Å². The van der Waals surface area contributed by atoms with Crippen LogP contribution in [0.1, 0.15) is 42.9 Å². The van der Waals surface area contributed by atoms with E-state index in [-0.39, 0.29) is 30.9 Å². The van der Waals surface area contributed by atoms with Crippen molar-refractivity contribution in [1.29, 1.82) is 0 Å². The number of anilines is 1. The molecule has 1 saturated heterocycles. The summed E-state index contributed by atoms with van der Waals surface area (Å²) in [6.07, 6.45) is 0.466. The Kier molecular flexibility index (Phi) is 5.03. The zero-order valence-electron chi connectivity index (χ0n) is 14.2. The standard InChI is InChI=1S/C20H22N2O3/c1-2-14(16-9-6-10-17(21)11-16)12-19(23)22-18(13-25-20(22)24)15-7-4-3-5-8-15/h3-11,14,18H,2,12-13,21H2,1H3/t14-,18?/m1/s1. The van der Waals surface area contributed by atoms with E-state index in [4.69, 9.17) is 10.5 Å². The summed E-state index contributed by atoms with van der Waals surface area (Å²) in [5.41, 5.74) is 8.44. The lowest BCUT2D eigenvalue weighted by Crippen LogP contribution is -2.35. The molecule has 0 aliphatic carbocycles. The van der Waals surface area contributed by atoms with Gasteiger partial charge in [-0.3, -0.25) is 4.79 Å². The SMILES string of the molecule is CC[C@H](CC(=O)N1C(=O)OCC1c1ccccc1)c1cccc(N)c1. The van der Waals surface area contributed by atoms with Crippen LogP contribution in [-0.2, 0) is 9.53 Å². The lowest BCUT2D eigenvalue weighted by atomic mass is 9.92. The molecule has 2 N–H and O–H groups in total. The van der Waals surface area contributed by atoms with E-state index in [2.05, 4.69) is 0 Å². The maximum atomic E-state index is 12.9. The van der Waals surface area contributed by atoms with E-state index in [1.165, 1.54) is 4.90 Å². The highest BCUT2D eigenvalue weighted by Crippen LogP contribution is 2.31. The van der Waals surface area contributed by atoms with Crippen LogP contribution in [0.4, 0.5) is 10.5 Å². The van der Waals surface area contributed by atoms with Crippen molar-refractivity contribution < 1.29 is 14.3 Å². The van der Waals surface area contributed by atoms with E-state index in [1.54, 1.807) is 0 Å². The Morgan fingerprint density at radius 3 is 2.68 bits per heavy atom. The molecule has 0 saturated carbocycles. The Morgan fingerprint density at radius 2 is 2.00 bits per heavy atom. The number of amides is 2. The number of nitrogens with two attached hydrogens (primary N) is 1. The summed E-state index contributed by atoms with van der Waals surface area (Å²) in [5, 5.41) is 0. The third-order valence-electron chi connectivity index (χ3n) is 4.62. The van der Waals surface area contributed by atoms with Gasteiger partial charge in [0.1, 0.15) is 12.6 Å². The fourth-order valence-corrected chi connectivity index (χ4v) is 3.24. The third kappa shape index (κ3) is 3.65. The van der Waals surface area contributed by atoms with Crippen LogP contribution in [0.2, 0.25) is 0 Å². The van der Waals surface area contributed by atoms with Crippen molar-refractivity contribution in [2.24, 2.45) is 0 Å². The first kappa shape index (κ1) is 17.0. The average molecular weight is 338 g/mol. The molecule has 0 bridgehead atoms. The molecule has 2 atom stereocenters. The minimum atomic E-state index is -0.568. The molecule has 5 heteroatoms. The van der Waals surface area contributed by atoms with Gasteiger partial charge < -0.3 is 10.5 Å².